The first-order valence-corrected chi connectivity index (χ1v) is 14.7. The lowest BCUT2D eigenvalue weighted by Gasteiger charge is -2.37. The Morgan fingerprint density at radius 3 is 2.54 bits per heavy atom. The van der Waals surface area contributed by atoms with Crippen molar-refractivity contribution in [1.82, 2.24) is 9.80 Å². The van der Waals surface area contributed by atoms with Crippen molar-refractivity contribution in [3.8, 4) is 11.5 Å². The van der Waals surface area contributed by atoms with E-state index in [0.29, 0.717) is 36.9 Å². The van der Waals surface area contributed by atoms with Crippen LogP contribution in [0, 0.1) is 5.92 Å². The van der Waals surface area contributed by atoms with Gasteiger partial charge >= 0.3 is 0 Å². The van der Waals surface area contributed by atoms with Gasteiger partial charge in [-0.2, -0.15) is 0 Å². The van der Waals surface area contributed by atoms with Crippen molar-refractivity contribution >= 4 is 23.2 Å². The van der Waals surface area contributed by atoms with Crippen molar-refractivity contribution in [2.45, 2.75) is 52.5 Å². The Bertz CT molecular complexity index is 1250. The predicted molar refractivity (Wildman–Crippen MR) is 157 cm³/mol. The Labute approximate surface area is 236 Å². The van der Waals surface area contributed by atoms with Gasteiger partial charge in [0.05, 0.1) is 13.2 Å². The first kappa shape index (κ1) is 28.7. The van der Waals surface area contributed by atoms with Crippen LogP contribution in [0.1, 0.15) is 72.4 Å². The van der Waals surface area contributed by atoms with Crippen LogP contribution >= 0.6 is 11.3 Å². The van der Waals surface area contributed by atoms with Gasteiger partial charge in [-0.1, -0.05) is 52.3 Å². The summed E-state index contributed by atoms with van der Waals surface area (Å²) in [4.78, 5) is 32.3. The van der Waals surface area contributed by atoms with E-state index in [1.807, 2.05) is 23.1 Å². The Morgan fingerprint density at radius 2 is 1.85 bits per heavy atom. The van der Waals surface area contributed by atoms with Crippen molar-refractivity contribution in [3.63, 3.8) is 0 Å². The summed E-state index contributed by atoms with van der Waals surface area (Å²) in [6.45, 7) is 10.1. The number of benzene rings is 2. The molecular formula is C32H40N2O4S. The second kappa shape index (κ2) is 13.2. The average Bonchev–Trinajstić information content (AvgIpc) is 3.44. The van der Waals surface area contributed by atoms with Gasteiger partial charge in [0.15, 0.2) is 0 Å². The third kappa shape index (κ3) is 7.01. The van der Waals surface area contributed by atoms with Crippen molar-refractivity contribution in [3.05, 3.63) is 81.5 Å². The van der Waals surface area contributed by atoms with Crippen molar-refractivity contribution in [2.24, 2.45) is 5.92 Å². The van der Waals surface area contributed by atoms with Crippen LogP contribution < -0.4 is 9.47 Å². The fourth-order valence-electron chi connectivity index (χ4n) is 4.92. The highest BCUT2D eigenvalue weighted by atomic mass is 32.1. The van der Waals surface area contributed by atoms with E-state index in [0.717, 1.165) is 24.2 Å². The number of amides is 2. The summed E-state index contributed by atoms with van der Waals surface area (Å²) in [5, 5.41) is 2.09. The van der Waals surface area contributed by atoms with Gasteiger partial charge in [-0.15, -0.1) is 11.3 Å². The topological polar surface area (TPSA) is 59.1 Å². The maximum absolute atomic E-state index is 13.9. The van der Waals surface area contributed by atoms with Crippen LogP contribution in [0.3, 0.4) is 0 Å². The molecule has 6 nitrogen and oxygen atoms in total. The number of hydrogen-bond donors (Lipinski definition) is 0. The van der Waals surface area contributed by atoms with E-state index < -0.39 is 0 Å². The summed E-state index contributed by atoms with van der Waals surface area (Å²) in [6.07, 6.45) is 1.73. The highest BCUT2D eigenvalue weighted by Crippen LogP contribution is 2.34. The van der Waals surface area contributed by atoms with Crippen LogP contribution in [0.4, 0.5) is 0 Å². The normalized spacial score (nSPS) is 15.5. The zero-order chi connectivity index (χ0) is 27.9. The molecule has 0 N–H and O–H groups in total. The maximum atomic E-state index is 13.9. The molecule has 3 aromatic rings. The number of nitrogens with zero attached hydrogens (tertiary/aromatic N) is 2. The van der Waals surface area contributed by atoms with Gasteiger partial charge < -0.3 is 19.3 Å². The molecule has 2 atom stereocenters. The lowest BCUT2D eigenvalue weighted by molar-refractivity contribution is -0.135. The summed E-state index contributed by atoms with van der Waals surface area (Å²) in [5.74, 6) is 1.92. The van der Waals surface area contributed by atoms with Gasteiger partial charge in [-0.3, -0.25) is 9.59 Å². The second-order valence-electron chi connectivity index (χ2n) is 10.6. The first-order valence-electron chi connectivity index (χ1n) is 13.8. The molecule has 2 aromatic carbocycles. The molecule has 1 aliphatic heterocycles. The summed E-state index contributed by atoms with van der Waals surface area (Å²) in [5.41, 5.74) is 2.93. The van der Waals surface area contributed by atoms with E-state index in [1.165, 1.54) is 10.4 Å². The standard InChI is InChI=1S/C32H40N2O4S/c1-6-23(4)19-33(32(36)25-8-7-9-27(18-25)37-5)20-31(35)34-16-14-30-28(15-17-39-30)29(34)21-38-26-12-10-24(11-13-26)22(2)3/h7-13,15,17-18,22-23,29H,6,14,16,19-21H2,1-5H3/t23-,29+/m1/s1. The number of carbonyl (C=O) groups excluding carboxylic acids is 2. The molecule has 0 saturated carbocycles. The predicted octanol–water partition coefficient (Wildman–Crippen LogP) is 6.57. The summed E-state index contributed by atoms with van der Waals surface area (Å²) >= 11 is 1.73. The van der Waals surface area contributed by atoms with E-state index in [9.17, 15) is 9.59 Å². The van der Waals surface area contributed by atoms with Crippen LogP contribution in [0.5, 0.6) is 11.5 Å². The maximum Gasteiger partial charge on any atom is 0.254 e. The van der Waals surface area contributed by atoms with Gasteiger partial charge in [0, 0.05) is 23.5 Å². The highest BCUT2D eigenvalue weighted by molar-refractivity contribution is 7.10. The van der Waals surface area contributed by atoms with E-state index >= 15 is 0 Å². The molecule has 0 aliphatic carbocycles. The van der Waals surface area contributed by atoms with E-state index in [1.54, 1.807) is 41.5 Å². The number of carbonyl (C=O) groups is 2. The molecule has 0 saturated heterocycles. The van der Waals surface area contributed by atoms with E-state index in [2.05, 4.69) is 51.3 Å². The fourth-order valence-corrected chi connectivity index (χ4v) is 5.84. The van der Waals surface area contributed by atoms with Gasteiger partial charge in [-0.25, -0.2) is 0 Å². The minimum Gasteiger partial charge on any atom is -0.497 e. The molecule has 0 bridgehead atoms. The lowest BCUT2D eigenvalue weighted by atomic mass is 10.00. The summed E-state index contributed by atoms with van der Waals surface area (Å²) in [7, 11) is 1.58. The zero-order valence-electron chi connectivity index (χ0n) is 23.7. The number of thiophene rings is 1. The van der Waals surface area contributed by atoms with Gasteiger partial charge in [-0.05, 0) is 71.2 Å². The quantitative estimate of drug-likeness (QED) is 0.272. The average molecular weight is 549 g/mol. The number of methoxy groups -OCH3 is 1. The molecule has 2 amide bonds. The fraction of sp³-hybridized carbons (Fsp3) is 0.438. The van der Waals surface area contributed by atoms with Gasteiger partial charge in [0.1, 0.15) is 24.7 Å². The molecule has 0 spiro atoms. The third-order valence-corrected chi connectivity index (χ3v) is 8.53. The first-order chi connectivity index (χ1) is 18.8. The SMILES string of the molecule is CC[C@@H](C)CN(CC(=O)N1CCc2sccc2[C@@H]1COc1ccc(C(C)C)cc1)C(=O)c1cccc(OC)c1. The Balaban J connectivity index is 1.53. The number of hydrogen-bond acceptors (Lipinski definition) is 5. The molecular weight excluding hydrogens is 508 g/mol. The van der Waals surface area contributed by atoms with Crippen molar-refractivity contribution < 1.29 is 19.1 Å². The zero-order valence-corrected chi connectivity index (χ0v) is 24.5. The van der Waals surface area contributed by atoms with Crippen LogP contribution in [-0.2, 0) is 11.2 Å². The van der Waals surface area contributed by atoms with Gasteiger partial charge in [0.25, 0.3) is 5.91 Å². The summed E-state index contributed by atoms with van der Waals surface area (Å²) in [6, 6.07) is 17.2. The van der Waals surface area contributed by atoms with Gasteiger partial charge in [0.2, 0.25) is 5.91 Å². The molecule has 1 aliphatic rings. The summed E-state index contributed by atoms with van der Waals surface area (Å²) < 4.78 is 11.6. The molecule has 2 heterocycles. The Morgan fingerprint density at radius 1 is 1.08 bits per heavy atom. The lowest BCUT2D eigenvalue weighted by Crippen LogP contribution is -2.48. The van der Waals surface area contributed by atoms with Crippen LogP contribution in [0.15, 0.2) is 60.0 Å². The van der Waals surface area contributed by atoms with Crippen molar-refractivity contribution in [1.29, 1.82) is 0 Å². The Kier molecular flexibility index (Phi) is 9.68. The minimum atomic E-state index is -0.199. The molecule has 0 radical (unpaired) electrons. The van der Waals surface area contributed by atoms with Crippen LogP contribution in [0.2, 0.25) is 0 Å². The second-order valence-corrected chi connectivity index (χ2v) is 11.6. The molecule has 208 valence electrons. The third-order valence-electron chi connectivity index (χ3n) is 7.53. The van der Waals surface area contributed by atoms with Crippen molar-refractivity contribution in [2.75, 3.05) is 33.4 Å². The highest BCUT2D eigenvalue weighted by Gasteiger charge is 2.34. The molecule has 0 fully saturated rings. The molecule has 4 rings (SSSR count). The Hall–Kier alpha value is -3.32. The van der Waals surface area contributed by atoms with E-state index in [4.69, 9.17) is 9.47 Å². The monoisotopic (exact) mass is 548 g/mol. The molecule has 0 unspecified atom stereocenters. The van der Waals surface area contributed by atoms with Crippen LogP contribution in [-0.4, -0.2) is 55.0 Å². The molecule has 1 aromatic heterocycles. The largest absolute Gasteiger partial charge is 0.497 e. The van der Waals surface area contributed by atoms with Crippen LogP contribution in [0.25, 0.3) is 0 Å². The molecule has 39 heavy (non-hydrogen) atoms. The molecule has 7 heteroatoms. The number of rotatable bonds is 11. The van der Waals surface area contributed by atoms with E-state index in [-0.39, 0.29) is 30.3 Å². The minimum absolute atomic E-state index is 0.0272. The number of fused-ring (bicyclic) bond motifs is 1. The number of ether oxygens (including phenoxy) is 2. The smallest absolute Gasteiger partial charge is 0.254 e.